The molecule has 0 aromatic carbocycles. The van der Waals surface area contributed by atoms with Crippen LogP contribution in [0.4, 0.5) is 0 Å². The van der Waals surface area contributed by atoms with Crippen LogP contribution in [0.5, 0.6) is 0 Å². The van der Waals surface area contributed by atoms with Crippen LogP contribution in [-0.2, 0) is 0 Å². The Kier molecular flexibility index (Phi) is 3.25. The van der Waals surface area contributed by atoms with Gasteiger partial charge in [-0.15, -0.1) is 0 Å². The van der Waals surface area contributed by atoms with Gasteiger partial charge in [-0.3, -0.25) is 3.93 Å². The fraction of sp³-hybridized carbons (Fsp3) is 0.571. The van der Waals surface area contributed by atoms with Gasteiger partial charge in [0.1, 0.15) is 6.17 Å². The van der Waals surface area contributed by atoms with Crippen LogP contribution in [0.15, 0.2) is 35.7 Å². The van der Waals surface area contributed by atoms with E-state index in [4.69, 9.17) is 0 Å². The summed E-state index contributed by atoms with van der Waals surface area (Å²) in [5.41, 5.74) is 2.58. The first-order chi connectivity index (χ1) is 9.08. The van der Waals surface area contributed by atoms with Crippen LogP contribution < -0.4 is 5.32 Å². The van der Waals surface area contributed by atoms with Crippen molar-refractivity contribution in [1.82, 2.24) is 9.24 Å². The summed E-state index contributed by atoms with van der Waals surface area (Å²) in [5.74, 6) is 1.28. The van der Waals surface area contributed by atoms with Gasteiger partial charge in [0.15, 0.2) is 6.54 Å². The maximum absolute atomic E-state index is 11.9. The Morgan fingerprint density at radius 2 is 2.32 bits per heavy atom. The first-order valence-corrected chi connectivity index (χ1v) is 7.48. The highest BCUT2D eigenvalue weighted by molar-refractivity contribution is 9.07. The van der Waals surface area contributed by atoms with Gasteiger partial charge in [-0.05, 0) is 23.8 Å². The topological polar surface area (TPSA) is 35.4 Å². The van der Waals surface area contributed by atoms with E-state index in [0.29, 0.717) is 30.8 Å². The molecular weight excluding hydrogens is 306 g/mol. The van der Waals surface area contributed by atoms with Gasteiger partial charge in [-0.1, -0.05) is 19.9 Å². The highest BCUT2D eigenvalue weighted by Gasteiger charge is 2.46. The summed E-state index contributed by atoms with van der Waals surface area (Å²) in [5, 5.41) is 3.37. The fourth-order valence-corrected chi connectivity index (χ4v) is 3.99. The van der Waals surface area contributed by atoms with Crippen LogP contribution in [0, 0.1) is 22.7 Å². The van der Waals surface area contributed by atoms with Crippen molar-refractivity contribution in [3.8, 4) is 0 Å². The predicted molar refractivity (Wildman–Crippen MR) is 78.2 cm³/mol. The Hall–Kier alpha value is -1.10. The molecule has 5 heteroatoms. The molecule has 0 aromatic rings. The molecule has 3 aliphatic heterocycles. The number of allylic oxidation sites excluding steroid dienone is 2. The number of hydrogen-bond donors (Lipinski definition) is 1. The summed E-state index contributed by atoms with van der Waals surface area (Å²) in [4.78, 5) is 11.9. The maximum Gasteiger partial charge on any atom is 0.215 e. The molecule has 0 amide bonds. The zero-order chi connectivity index (χ0) is 13.6. The fourth-order valence-electron chi connectivity index (χ4n) is 3.37. The zero-order valence-electron chi connectivity index (χ0n) is 11.2. The molecule has 0 spiro atoms. The number of nitrogens with one attached hydrogen (secondary N) is 1. The molecule has 3 heterocycles. The minimum atomic E-state index is 0.165. The van der Waals surface area contributed by atoms with E-state index >= 15 is 0 Å². The van der Waals surface area contributed by atoms with E-state index in [0.717, 1.165) is 0 Å². The maximum atomic E-state index is 11.9. The number of nitrogens with zero attached hydrogens (tertiary/aromatic N) is 2. The standard InChI is InChI=1S/C14H19BrN3O/c1-9(2)12-8-17(19)6-10-7-18(15)14-11(13(10)12)4-3-5-16-14/h3-5,7,9,12-14,16H,6,8H2,1-2H3/q+1. The molecule has 1 fully saturated rings. The molecule has 19 heavy (non-hydrogen) atoms. The number of halogens is 1. The molecule has 102 valence electrons. The molecule has 0 bridgehead atoms. The number of hydrogen-bond acceptors (Lipinski definition) is 3. The average molecular weight is 325 g/mol. The van der Waals surface area contributed by atoms with E-state index in [1.807, 2.05) is 10.1 Å². The minimum absolute atomic E-state index is 0.165. The Balaban J connectivity index is 2.05. The van der Waals surface area contributed by atoms with Gasteiger partial charge in [0.05, 0.1) is 16.1 Å². The molecule has 3 rings (SSSR count). The summed E-state index contributed by atoms with van der Waals surface area (Å²) in [6.45, 7) is 5.58. The number of rotatable bonds is 1. The van der Waals surface area contributed by atoms with Crippen molar-refractivity contribution in [3.63, 3.8) is 0 Å². The van der Waals surface area contributed by atoms with Crippen molar-refractivity contribution in [2.75, 3.05) is 13.1 Å². The summed E-state index contributed by atoms with van der Waals surface area (Å²) in [6, 6.07) is 0. The molecule has 4 nitrogen and oxygen atoms in total. The molecule has 0 aliphatic carbocycles. The molecule has 0 aromatic heterocycles. The van der Waals surface area contributed by atoms with Gasteiger partial charge in [0, 0.05) is 33.3 Å². The summed E-state index contributed by atoms with van der Waals surface area (Å²) < 4.78 is 3.19. The van der Waals surface area contributed by atoms with Gasteiger partial charge in [-0.25, -0.2) is 0 Å². The molecule has 0 saturated carbocycles. The number of dihydropyridines is 1. The normalized spacial score (nSPS) is 33.4. The Bertz CT molecular complexity index is 495. The van der Waals surface area contributed by atoms with Crippen molar-refractivity contribution in [3.05, 3.63) is 40.6 Å². The van der Waals surface area contributed by atoms with Crippen LogP contribution in [0.3, 0.4) is 0 Å². The molecule has 3 unspecified atom stereocenters. The summed E-state index contributed by atoms with van der Waals surface area (Å²) >= 11 is 3.57. The SMILES string of the molecule is CC(C)C1C[N+](=O)CC2=CN(Br)C3NC=CC=C3C21. The average Bonchev–Trinajstić information content (AvgIpc) is 2.37. The summed E-state index contributed by atoms with van der Waals surface area (Å²) in [6.07, 6.45) is 8.46. The third kappa shape index (κ3) is 2.14. The predicted octanol–water partition coefficient (Wildman–Crippen LogP) is 2.55. The molecule has 1 N–H and O–H groups in total. The first-order valence-electron chi connectivity index (χ1n) is 6.77. The second-order valence-corrected chi connectivity index (χ2v) is 6.67. The molecule has 1 saturated heterocycles. The van der Waals surface area contributed by atoms with Crippen molar-refractivity contribution < 1.29 is 4.76 Å². The first kappa shape index (κ1) is 12.9. The molecular formula is C14H19BrN3O+. The van der Waals surface area contributed by atoms with E-state index in [2.05, 4.69) is 53.7 Å². The zero-order valence-corrected chi connectivity index (χ0v) is 12.8. The second-order valence-electron chi connectivity index (χ2n) is 5.85. The quantitative estimate of drug-likeness (QED) is 0.594. The monoisotopic (exact) mass is 324 g/mol. The van der Waals surface area contributed by atoms with Crippen LogP contribution in [0.1, 0.15) is 13.8 Å². The van der Waals surface area contributed by atoms with Crippen molar-refractivity contribution in [2.45, 2.75) is 20.0 Å². The van der Waals surface area contributed by atoms with Crippen molar-refractivity contribution >= 4 is 16.1 Å². The number of nitroso groups, excluding NO2 is 1. The molecule has 3 aliphatic rings. The lowest BCUT2D eigenvalue weighted by Crippen LogP contribution is -2.50. The van der Waals surface area contributed by atoms with Gasteiger partial charge in [-0.2, -0.15) is 0 Å². The van der Waals surface area contributed by atoms with Crippen molar-refractivity contribution in [1.29, 1.82) is 0 Å². The van der Waals surface area contributed by atoms with E-state index in [1.165, 1.54) is 15.9 Å². The summed E-state index contributed by atoms with van der Waals surface area (Å²) in [7, 11) is 0. The van der Waals surface area contributed by atoms with Crippen LogP contribution in [0.2, 0.25) is 0 Å². The highest BCUT2D eigenvalue weighted by Crippen LogP contribution is 2.43. The smallest absolute Gasteiger partial charge is 0.215 e. The molecule has 3 atom stereocenters. The third-order valence-corrected chi connectivity index (χ3v) is 4.92. The van der Waals surface area contributed by atoms with Crippen LogP contribution in [0.25, 0.3) is 0 Å². The van der Waals surface area contributed by atoms with Crippen LogP contribution >= 0.6 is 16.1 Å². The lowest BCUT2D eigenvalue weighted by molar-refractivity contribution is -0.559. The third-order valence-electron chi connectivity index (χ3n) is 4.31. The Morgan fingerprint density at radius 3 is 3.05 bits per heavy atom. The van der Waals surface area contributed by atoms with Crippen molar-refractivity contribution in [2.24, 2.45) is 17.8 Å². The van der Waals surface area contributed by atoms with Gasteiger partial charge < -0.3 is 5.32 Å². The number of fused-ring (bicyclic) bond motifs is 3. The molecule has 0 radical (unpaired) electrons. The van der Waals surface area contributed by atoms with E-state index in [-0.39, 0.29) is 6.17 Å². The highest BCUT2D eigenvalue weighted by atomic mass is 79.9. The largest absolute Gasteiger partial charge is 0.367 e. The van der Waals surface area contributed by atoms with Crippen LogP contribution in [-0.4, -0.2) is 27.9 Å². The number of piperidine rings is 1. The van der Waals surface area contributed by atoms with E-state index < -0.39 is 0 Å². The lowest BCUT2D eigenvalue weighted by atomic mass is 9.70. The van der Waals surface area contributed by atoms with E-state index in [1.54, 1.807) is 0 Å². The van der Waals surface area contributed by atoms with Gasteiger partial charge >= 0.3 is 0 Å². The minimum Gasteiger partial charge on any atom is -0.367 e. The Labute approximate surface area is 122 Å². The van der Waals surface area contributed by atoms with Gasteiger partial charge in [0.2, 0.25) is 6.54 Å². The van der Waals surface area contributed by atoms with E-state index in [9.17, 15) is 4.91 Å². The lowest BCUT2D eigenvalue weighted by Gasteiger charge is -2.43. The van der Waals surface area contributed by atoms with Gasteiger partial charge in [0.25, 0.3) is 0 Å². The Morgan fingerprint density at radius 1 is 1.53 bits per heavy atom. The second kappa shape index (κ2) is 4.78.